The molecule has 1 nitrogen and oxygen atoms in total. The van der Waals surface area contributed by atoms with Crippen LogP contribution in [-0.4, -0.2) is 24.0 Å². The van der Waals surface area contributed by atoms with E-state index in [1.165, 1.54) is 51.6 Å². The molecule has 0 radical (unpaired) electrons. The molecule has 0 bridgehead atoms. The summed E-state index contributed by atoms with van der Waals surface area (Å²) in [4.78, 5) is 2.77. The van der Waals surface area contributed by atoms with Gasteiger partial charge in [0.1, 0.15) is 0 Å². The summed E-state index contributed by atoms with van der Waals surface area (Å²) >= 11 is 0. The van der Waals surface area contributed by atoms with Crippen molar-refractivity contribution >= 4 is 0 Å². The largest absolute Gasteiger partial charge is 0.300 e. The summed E-state index contributed by atoms with van der Waals surface area (Å²) in [5.41, 5.74) is 0.620. The van der Waals surface area contributed by atoms with Crippen LogP contribution in [0.3, 0.4) is 0 Å². The second-order valence-electron chi connectivity index (χ2n) is 6.28. The van der Waals surface area contributed by atoms with Gasteiger partial charge in [-0.2, -0.15) is 0 Å². The van der Waals surface area contributed by atoms with Crippen molar-refractivity contribution in [1.82, 2.24) is 4.90 Å². The van der Waals surface area contributed by atoms with Gasteiger partial charge in [0.25, 0.3) is 0 Å². The zero-order valence-corrected chi connectivity index (χ0v) is 10.8. The molecule has 1 aliphatic heterocycles. The summed E-state index contributed by atoms with van der Waals surface area (Å²) in [5.74, 6) is 0.850. The fraction of sp³-hybridized carbons (Fsp3) is 1.00. The van der Waals surface area contributed by atoms with Gasteiger partial charge in [0.15, 0.2) is 0 Å². The van der Waals surface area contributed by atoms with E-state index in [0.29, 0.717) is 5.41 Å². The van der Waals surface area contributed by atoms with E-state index in [4.69, 9.17) is 0 Å². The lowest BCUT2D eigenvalue weighted by Crippen LogP contribution is -2.45. The van der Waals surface area contributed by atoms with E-state index in [9.17, 15) is 0 Å². The van der Waals surface area contributed by atoms with Gasteiger partial charge in [-0.1, -0.05) is 33.6 Å². The van der Waals surface area contributed by atoms with E-state index in [0.717, 1.165) is 12.0 Å². The predicted molar refractivity (Wildman–Crippen MR) is 66.0 cm³/mol. The van der Waals surface area contributed by atoms with Crippen LogP contribution in [0, 0.1) is 11.3 Å². The molecule has 0 amide bonds. The molecule has 0 aromatic heterocycles. The summed E-state index contributed by atoms with van der Waals surface area (Å²) in [5, 5.41) is 0. The Bertz CT molecular complexity index is 195. The highest BCUT2D eigenvalue weighted by molar-refractivity contribution is 4.88. The van der Waals surface area contributed by atoms with Gasteiger partial charge in [0, 0.05) is 6.04 Å². The van der Waals surface area contributed by atoms with Gasteiger partial charge in [-0.15, -0.1) is 0 Å². The monoisotopic (exact) mass is 209 g/mol. The molecule has 0 N–H and O–H groups in total. The van der Waals surface area contributed by atoms with Crippen LogP contribution in [0.25, 0.3) is 0 Å². The van der Waals surface area contributed by atoms with Crippen molar-refractivity contribution in [1.29, 1.82) is 0 Å². The first-order valence-corrected chi connectivity index (χ1v) is 6.86. The van der Waals surface area contributed by atoms with E-state index >= 15 is 0 Å². The summed E-state index contributed by atoms with van der Waals surface area (Å²) < 4.78 is 0. The summed E-state index contributed by atoms with van der Waals surface area (Å²) in [6.45, 7) is 10.00. The van der Waals surface area contributed by atoms with E-state index < -0.39 is 0 Å². The number of hydrogen-bond donors (Lipinski definition) is 0. The molecule has 88 valence electrons. The fourth-order valence-electron chi connectivity index (χ4n) is 3.25. The van der Waals surface area contributed by atoms with Gasteiger partial charge < -0.3 is 4.90 Å². The topological polar surface area (TPSA) is 3.24 Å². The SMILES string of the molecule is CC(C)C1(C)CCN(C2CCCC2)CC1. The molecule has 1 saturated heterocycles. The minimum Gasteiger partial charge on any atom is -0.300 e. The first-order valence-electron chi connectivity index (χ1n) is 6.86. The zero-order valence-electron chi connectivity index (χ0n) is 10.8. The van der Waals surface area contributed by atoms with Crippen LogP contribution in [0.1, 0.15) is 59.3 Å². The van der Waals surface area contributed by atoms with Crippen LogP contribution >= 0.6 is 0 Å². The minimum absolute atomic E-state index is 0.620. The Morgan fingerprint density at radius 3 is 2.07 bits per heavy atom. The van der Waals surface area contributed by atoms with Gasteiger partial charge in [-0.05, 0) is 50.1 Å². The highest BCUT2D eigenvalue weighted by Crippen LogP contribution is 2.39. The number of nitrogens with zero attached hydrogens (tertiary/aromatic N) is 1. The van der Waals surface area contributed by atoms with Crippen molar-refractivity contribution in [3.8, 4) is 0 Å². The second kappa shape index (κ2) is 4.45. The molecule has 1 saturated carbocycles. The third-order valence-electron chi connectivity index (χ3n) is 5.18. The fourth-order valence-corrected chi connectivity index (χ4v) is 3.25. The second-order valence-corrected chi connectivity index (χ2v) is 6.28. The van der Waals surface area contributed by atoms with E-state index in [2.05, 4.69) is 25.7 Å². The van der Waals surface area contributed by atoms with E-state index in [1.807, 2.05) is 0 Å². The lowest BCUT2D eigenvalue weighted by atomic mass is 9.71. The average molecular weight is 209 g/mol. The maximum absolute atomic E-state index is 2.77. The Morgan fingerprint density at radius 1 is 1.07 bits per heavy atom. The predicted octanol–water partition coefficient (Wildman–Crippen LogP) is 3.69. The molecule has 2 aliphatic rings. The Hall–Kier alpha value is -0.0400. The molecule has 0 aromatic carbocycles. The van der Waals surface area contributed by atoms with Crippen molar-refractivity contribution in [2.75, 3.05) is 13.1 Å². The van der Waals surface area contributed by atoms with Crippen LogP contribution in [0.2, 0.25) is 0 Å². The molecule has 1 heterocycles. The van der Waals surface area contributed by atoms with Gasteiger partial charge in [0.05, 0.1) is 0 Å². The Morgan fingerprint density at radius 2 is 1.60 bits per heavy atom. The number of rotatable bonds is 2. The van der Waals surface area contributed by atoms with Crippen LogP contribution in [0.15, 0.2) is 0 Å². The molecular formula is C14H27N. The number of likely N-dealkylation sites (tertiary alicyclic amines) is 1. The molecule has 2 fully saturated rings. The standard InChI is InChI=1S/C14H27N/c1-12(2)14(3)8-10-15(11-9-14)13-6-4-5-7-13/h12-13H,4-11H2,1-3H3. The Labute approximate surface area is 95.2 Å². The van der Waals surface area contributed by atoms with Crippen molar-refractivity contribution in [3.63, 3.8) is 0 Å². The van der Waals surface area contributed by atoms with Crippen molar-refractivity contribution in [3.05, 3.63) is 0 Å². The molecule has 15 heavy (non-hydrogen) atoms. The average Bonchev–Trinajstić information content (AvgIpc) is 2.72. The summed E-state index contributed by atoms with van der Waals surface area (Å²) in [7, 11) is 0. The highest BCUT2D eigenvalue weighted by atomic mass is 15.2. The van der Waals surface area contributed by atoms with Crippen LogP contribution in [-0.2, 0) is 0 Å². The number of hydrogen-bond acceptors (Lipinski definition) is 1. The Kier molecular flexibility index (Phi) is 3.39. The lowest BCUT2D eigenvalue weighted by Gasteiger charge is -2.44. The van der Waals surface area contributed by atoms with Gasteiger partial charge in [0.2, 0.25) is 0 Å². The molecule has 0 unspecified atom stereocenters. The van der Waals surface area contributed by atoms with E-state index in [-0.39, 0.29) is 0 Å². The zero-order chi connectivity index (χ0) is 10.9. The third-order valence-corrected chi connectivity index (χ3v) is 5.18. The van der Waals surface area contributed by atoms with Crippen molar-refractivity contribution in [2.24, 2.45) is 11.3 Å². The third kappa shape index (κ3) is 2.38. The van der Waals surface area contributed by atoms with Crippen molar-refractivity contribution in [2.45, 2.75) is 65.3 Å². The molecular weight excluding hydrogens is 182 g/mol. The molecule has 0 spiro atoms. The first kappa shape index (κ1) is 11.4. The Balaban J connectivity index is 1.86. The molecule has 1 heteroatoms. The maximum Gasteiger partial charge on any atom is 0.00952 e. The lowest BCUT2D eigenvalue weighted by molar-refractivity contribution is 0.0544. The minimum atomic E-state index is 0.620. The normalized spacial score (nSPS) is 28.8. The molecule has 0 aromatic rings. The smallest absolute Gasteiger partial charge is 0.00952 e. The quantitative estimate of drug-likeness (QED) is 0.670. The van der Waals surface area contributed by atoms with Crippen LogP contribution in [0.5, 0.6) is 0 Å². The number of piperidine rings is 1. The van der Waals surface area contributed by atoms with Crippen molar-refractivity contribution < 1.29 is 0 Å². The summed E-state index contributed by atoms with van der Waals surface area (Å²) in [6.07, 6.45) is 8.73. The highest BCUT2D eigenvalue weighted by Gasteiger charge is 2.35. The van der Waals surface area contributed by atoms with Gasteiger partial charge in [-0.25, -0.2) is 0 Å². The van der Waals surface area contributed by atoms with E-state index in [1.54, 1.807) is 0 Å². The molecule has 1 aliphatic carbocycles. The summed E-state index contributed by atoms with van der Waals surface area (Å²) in [6, 6.07) is 0.946. The first-order chi connectivity index (χ1) is 7.12. The molecule has 0 atom stereocenters. The van der Waals surface area contributed by atoms with Gasteiger partial charge in [-0.3, -0.25) is 0 Å². The van der Waals surface area contributed by atoms with Gasteiger partial charge >= 0.3 is 0 Å². The van der Waals surface area contributed by atoms with Crippen LogP contribution in [0.4, 0.5) is 0 Å². The molecule has 2 rings (SSSR count). The maximum atomic E-state index is 2.77. The van der Waals surface area contributed by atoms with Crippen LogP contribution < -0.4 is 0 Å².